The molecule has 0 saturated carbocycles. The SMILES string of the molecule is CN(C)C1=NC(c2ccc(Cl)cc2)c2ccccc2C1. The minimum absolute atomic E-state index is 0.0645. The normalized spacial score (nSPS) is 17.4. The molecule has 0 aromatic heterocycles. The average Bonchev–Trinajstić information content (AvgIpc) is 2.47. The van der Waals surface area contributed by atoms with Crippen molar-refractivity contribution in [3.05, 3.63) is 70.2 Å². The summed E-state index contributed by atoms with van der Waals surface area (Å²) in [4.78, 5) is 7.02. The van der Waals surface area contributed by atoms with Gasteiger partial charge >= 0.3 is 0 Å². The fourth-order valence-electron chi connectivity index (χ4n) is 2.57. The van der Waals surface area contributed by atoms with Crippen molar-refractivity contribution in [3.8, 4) is 0 Å². The molecule has 2 aromatic rings. The molecule has 1 unspecified atom stereocenters. The Morgan fingerprint density at radius 1 is 1.05 bits per heavy atom. The van der Waals surface area contributed by atoms with Crippen LogP contribution >= 0.6 is 11.6 Å². The Balaban J connectivity index is 2.09. The van der Waals surface area contributed by atoms with Crippen LogP contribution in [0.3, 0.4) is 0 Å². The van der Waals surface area contributed by atoms with E-state index in [1.165, 1.54) is 16.7 Å². The molecule has 20 heavy (non-hydrogen) atoms. The molecular formula is C17H17ClN2. The molecule has 102 valence electrons. The third-order valence-corrected chi connectivity index (χ3v) is 3.93. The first-order valence-corrected chi connectivity index (χ1v) is 7.10. The molecule has 3 heteroatoms. The number of fused-ring (bicyclic) bond motifs is 1. The highest BCUT2D eigenvalue weighted by Gasteiger charge is 2.23. The molecule has 0 amide bonds. The van der Waals surface area contributed by atoms with Gasteiger partial charge < -0.3 is 4.90 Å². The molecule has 0 saturated heterocycles. The number of rotatable bonds is 1. The number of benzene rings is 2. The van der Waals surface area contributed by atoms with Gasteiger partial charge in [-0.3, -0.25) is 4.99 Å². The lowest BCUT2D eigenvalue weighted by atomic mass is 9.90. The first kappa shape index (κ1) is 13.2. The molecule has 0 fully saturated rings. The van der Waals surface area contributed by atoms with Crippen molar-refractivity contribution in [3.63, 3.8) is 0 Å². The summed E-state index contributed by atoms with van der Waals surface area (Å²) in [5, 5.41) is 0.759. The number of aliphatic imine (C=N–C) groups is 1. The summed E-state index contributed by atoms with van der Waals surface area (Å²) in [7, 11) is 4.09. The average molecular weight is 285 g/mol. The summed E-state index contributed by atoms with van der Waals surface area (Å²) < 4.78 is 0. The van der Waals surface area contributed by atoms with Crippen LogP contribution in [0, 0.1) is 0 Å². The third-order valence-electron chi connectivity index (χ3n) is 3.68. The molecular weight excluding hydrogens is 268 g/mol. The van der Waals surface area contributed by atoms with Gasteiger partial charge in [-0.05, 0) is 28.8 Å². The second-order valence-corrected chi connectivity index (χ2v) is 5.71. The number of hydrogen-bond acceptors (Lipinski definition) is 2. The molecule has 1 heterocycles. The van der Waals surface area contributed by atoms with Crippen LogP contribution in [0.5, 0.6) is 0 Å². The number of likely N-dealkylation sites (N-methyl/N-ethyl adjacent to an activating group) is 1. The predicted octanol–water partition coefficient (Wildman–Crippen LogP) is 3.95. The van der Waals surface area contributed by atoms with Crippen molar-refractivity contribution in [1.29, 1.82) is 0 Å². The summed E-state index contributed by atoms with van der Waals surface area (Å²) in [6.07, 6.45) is 0.896. The molecule has 0 aliphatic carbocycles. The van der Waals surface area contributed by atoms with Crippen molar-refractivity contribution >= 4 is 17.4 Å². The number of nitrogens with zero attached hydrogens (tertiary/aromatic N) is 2. The number of halogens is 1. The van der Waals surface area contributed by atoms with Gasteiger partial charge in [0.25, 0.3) is 0 Å². The van der Waals surface area contributed by atoms with Gasteiger partial charge in [0.2, 0.25) is 0 Å². The van der Waals surface area contributed by atoms with Crippen LogP contribution in [0.1, 0.15) is 22.7 Å². The Morgan fingerprint density at radius 3 is 2.45 bits per heavy atom. The minimum Gasteiger partial charge on any atom is -0.366 e. The Labute approximate surface area is 124 Å². The van der Waals surface area contributed by atoms with E-state index in [0.717, 1.165) is 17.3 Å². The van der Waals surface area contributed by atoms with Crippen LogP contribution < -0.4 is 0 Å². The van der Waals surface area contributed by atoms with E-state index < -0.39 is 0 Å². The maximum absolute atomic E-state index is 5.99. The van der Waals surface area contributed by atoms with Crippen LogP contribution in [0.15, 0.2) is 53.5 Å². The molecule has 0 bridgehead atoms. The zero-order valence-electron chi connectivity index (χ0n) is 11.7. The second kappa shape index (κ2) is 5.29. The molecule has 0 N–H and O–H groups in total. The standard InChI is InChI=1S/C17H17ClN2/c1-20(2)16-11-13-5-3-4-6-15(13)17(19-16)12-7-9-14(18)10-8-12/h3-10,17H,11H2,1-2H3. The van der Waals surface area contributed by atoms with Gasteiger partial charge in [0.05, 0.1) is 0 Å². The molecule has 1 aliphatic heterocycles. The summed E-state index contributed by atoms with van der Waals surface area (Å²) in [6.45, 7) is 0. The monoisotopic (exact) mass is 284 g/mol. The Hall–Kier alpha value is -1.80. The van der Waals surface area contributed by atoms with Crippen molar-refractivity contribution in [2.75, 3.05) is 14.1 Å². The zero-order valence-corrected chi connectivity index (χ0v) is 12.4. The lowest BCUT2D eigenvalue weighted by Crippen LogP contribution is -2.28. The van der Waals surface area contributed by atoms with E-state index in [2.05, 4.69) is 41.3 Å². The lowest BCUT2D eigenvalue weighted by Gasteiger charge is -2.27. The summed E-state index contributed by atoms with van der Waals surface area (Å²) in [5.41, 5.74) is 3.83. The molecule has 0 spiro atoms. The van der Waals surface area contributed by atoms with Gasteiger partial charge in [-0.25, -0.2) is 0 Å². The molecule has 0 radical (unpaired) electrons. The summed E-state index contributed by atoms with van der Waals surface area (Å²) >= 11 is 5.99. The molecule has 1 atom stereocenters. The van der Waals surface area contributed by atoms with Crippen molar-refractivity contribution in [2.45, 2.75) is 12.5 Å². The van der Waals surface area contributed by atoms with Crippen LogP contribution in [-0.2, 0) is 6.42 Å². The molecule has 3 rings (SSSR count). The predicted molar refractivity (Wildman–Crippen MR) is 84.6 cm³/mol. The van der Waals surface area contributed by atoms with E-state index >= 15 is 0 Å². The highest BCUT2D eigenvalue weighted by Crippen LogP contribution is 2.33. The van der Waals surface area contributed by atoms with E-state index in [1.54, 1.807) is 0 Å². The fourth-order valence-corrected chi connectivity index (χ4v) is 2.70. The minimum atomic E-state index is 0.0645. The van der Waals surface area contributed by atoms with Crippen molar-refractivity contribution in [1.82, 2.24) is 4.90 Å². The first-order valence-electron chi connectivity index (χ1n) is 6.72. The number of hydrogen-bond donors (Lipinski definition) is 0. The zero-order chi connectivity index (χ0) is 14.1. The van der Waals surface area contributed by atoms with Crippen LogP contribution in [0.2, 0.25) is 5.02 Å². The van der Waals surface area contributed by atoms with Gasteiger partial charge in [0.1, 0.15) is 11.9 Å². The van der Waals surface area contributed by atoms with Crippen LogP contribution in [0.4, 0.5) is 0 Å². The van der Waals surface area contributed by atoms with E-state index in [9.17, 15) is 0 Å². The topological polar surface area (TPSA) is 15.6 Å². The molecule has 2 nitrogen and oxygen atoms in total. The highest BCUT2D eigenvalue weighted by atomic mass is 35.5. The van der Waals surface area contributed by atoms with E-state index in [4.69, 9.17) is 16.6 Å². The first-order chi connectivity index (χ1) is 9.65. The fraction of sp³-hybridized carbons (Fsp3) is 0.235. The molecule has 1 aliphatic rings. The van der Waals surface area contributed by atoms with Crippen molar-refractivity contribution < 1.29 is 0 Å². The lowest BCUT2D eigenvalue weighted by molar-refractivity contribution is 0.592. The Kier molecular flexibility index (Phi) is 3.49. The van der Waals surface area contributed by atoms with Gasteiger partial charge in [-0.1, -0.05) is 48.0 Å². The summed E-state index contributed by atoms with van der Waals surface area (Å²) in [5.74, 6) is 1.11. The second-order valence-electron chi connectivity index (χ2n) is 5.27. The van der Waals surface area contributed by atoms with Gasteiger partial charge in [0, 0.05) is 25.5 Å². The summed E-state index contributed by atoms with van der Waals surface area (Å²) in [6, 6.07) is 16.6. The smallest absolute Gasteiger partial charge is 0.104 e. The molecule has 2 aromatic carbocycles. The van der Waals surface area contributed by atoms with Crippen LogP contribution in [0.25, 0.3) is 0 Å². The Bertz CT molecular complexity index is 644. The largest absolute Gasteiger partial charge is 0.366 e. The van der Waals surface area contributed by atoms with Gasteiger partial charge in [-0.15, -0.1) is 0 Å². The maximum atomic E-state index is 5.99. The van der Waals surface area contributed by atoms with E-state index in [1.807, 2.05) is 26.2 Å². The maximum Gasteiger partial charge on any atom is 0.104 e. The van der Waals surface area contributed by atoms with E-state index in [0.29, 0.717) is 0 Å². The van der Waals surface area contributed by atoms with E-state index in [-0.39, 0.29) is 6.04 Å². The number of amidine groups is 1. The van der Waals surface area contributed by atoms with Gasteiger partial charge in [-0.2, -0.15) is 0 Å². The van der Waals surface area contributed by atoms with Gasteiger partial charge in [0.15, 0.2) is 0 Å². The van der Waals surface area contributed by atoms with Crippen molar-refractivity contribution in [2.24, 2.45) is 4.99 Å². The highest BCUT2D eigenvalue weighted by molar-refractivity contribution is 6.30. The third kappa shape index (κ3) is 2.44. The van der Waals surface area contributed by atoms with Crippen LogP contribution in [-0.4, -0.2) is 24.8 Å². The Morgan fingerprint density at radius 2 is 1.75 bits per heavy atom. The quantitative estimate of drug-likeness (QED) is 0.774.